The number of nitrogens with zero attached hydrogens (tertiary/aromatic N) is 1. The number of benzene rings is 2. The van der Waals surface area contributed by atoms with Crippen LogP contribution in [0.2, 0.25) is 10.0 Å². The van der Waals surface area contributed by atoms with E-state index in [0.29, 0.717) is 27.3 Å². The van der Waals surface area contributed by atoms with Crippen LogP contribution in [0, 0.1) is 0 Å². The van der Waals surface area contributed by atoms with Crippen molar-refractivity contribution in [1.82, 2.24) is 5.43 Å². The summed E-state index contributed by atoms with van der Waals surface area (Å²) in [6.45, 7) is 3.62. The Bertz CT molecular complexity index is 825. The van der Waals surface area contributed by atoms with Crippen LogP contribution in [0.15, 0.2) is 41.5 Å². The minimum Gasteiger partial charge on any atom is -0.493 e. The molecular formula is C19H20Cl2N2O4. The molecule has 0 aliphatic heterocycles. The topological polar surface area (TPSA) is 69.2 Å². The van der Waals surface area contributed by atoms with Crippen LogP contribution in [-0.2, 0) is 4.79 Å². The Kier molecular flexibility index (Phi) is 7.76. The zero-order valence-corrected chi connectivity index (χ0v) is 16.7. The van der Waals surface area contributed by atoms with Crippen LogP contribution in [0.25, 0.3) is 0 Å². The first-order valence-corrected chi connectivity index (χ1v) is 8.89. The van der Waals surface area contributed by atoms with Crippen molar-refractivity contribution in [2.45, 2.75) is 20.0 Å². The smallest absolute Gasteiger partial charge is 0.277 e. The molecule has 1 amide bonds. The number of ether oxygens (including phenoxy) is 3. The maximum Gasteiger partial charge on any atom is 0.277 e. The van der Waals surface area contributed by atoms with Crippen LogP contribution in [0.4, 0.5) is 0 Å². The van der Waals surface area contributed by atoms with Gasteiger partial charge in [-0.1, -0.05) is 23.2 Å². The van der Waals surface area contributed by atoms with Gasteiger partial charge in [-0.2, -0.15) is 5.10 Å². The molecule has 0 radical (unpaired) electrons. The molecule has 0 aliphatic carbocycles. The fourth-order valence-corrected chi connectivity index (χ4v) is 2.39. The second-order valence-electron chi connectivity index (χ2n) is 5.73. The van der Waals surface area contributed by atoms with Crippen LogP contribution in [-0.4, -0.2) is 31.9 Å². The lowest BCUT2D eigenvalue weighted by Gasteiger charge is -2.13. The highest BCUT2D eigenvalue weighted by Gasteiger charge is 2.08. The number of nitrogens with one attached hydrogen (secondary N) is 1. The molecule has 0 fully saturated rings. The first kappa shape index (κ1) is 20.9. The second-order valence-corrected chi connectivity index (χ2v) is 6.58. The minimum atomic E-state index is -0.436. The van der Waals surface area contributed by atoms with Crippen LogP contribution in [0.1, 0.15) is 19.4 Å². The predicted molar refractivity (Wildman–Crippen MR) is 106 cm³/mol. The fraction of sp³-hybridized carbons (Fsp3) is 0.263. The quantitative estimate of drug-likeness (QED) is 0.519. The number of hydrogen-bond acceptors (Lipinski definition) is 5. The molecule has 27 heavy (non-hydrogen) atoms. The van der Waals surface area contributed by atoms with Crippen molar-refractivity contribution in [3.05, 3.63) is 52.0 Å². The molecule has 0 unspecified atom stereocenters. The highest BCUT2D eigenvalue weighted by Crippen LogP contribution is 2.29. The maximum atomic E-state index is 11.8. The predicted octanol–water partition coefficient (Wildman–Crippen LogP) is 4.32. The summed E-state index contributed by atoms with van der Waals surface area (Å²) >= 11 is 11.8. The van der Waals surface area contributed by atoms with Gasteiger partial charge in [0.1, 0.15) is 5.75 Å². The van der Waals surface area contributed by atoms with Gasteiger partial charge in [-0.3, -0.25) is 4.79 Å². The number of rotatable bonds is 8. The second kappa shape index (κ2) is 10.0. The summed E-state index contributed by atoms with van der Waals surface area (Å²) in [7, 11) is 1.56. The van der Waals surface area contributed by atoms with E-state index < -0.39 is 5.91 Å². The average molecular weight is 411 g/mol. The first-order chi connectivity index (χ1) is 12.9. The number of amides is 1. The van der Waals surface area contributed by atoms with Crippen molar-refractivity contribution in [2.75, 3.05) is 13.7 Å². The summed E-state index contributed by atoms with van der Waals surface area (Å²) in [5.74, 6) is 1.11. The van der Waals surface area contributed by atoms with Crippen LogP contribution in [0.3, 0.4) is 0 Å². The van der Waals surface area contributed by atoms with Crippen LogP contribution in [0.5, 0.6) is 17.2 Å². The zero-order valence-electron chi connectivity index (χ0n) is 15.2. The molecule has 0 aliphatic rings. The summed E-state index contributed by atoms with van der Waals surface area (Å²) in [6.07, 6.45) is 1.53. The molecule has 144 valence electrons. The third-order valence-corrected chi connectivity index (χ3v) is 3.75. The van der Waals surface area contributed by atoms with Gasteiger partial charge in [0.25, 0.3) is 5.91 Å². The Morgan fingerprint density at radius 3 is 2.63 bits per heavy atom. The monoisotopic (exact) mass is 410 g/mol. The van der Waals surface area contributed by atoms with Crippen molar-refractivity contribution in [3.8, 4) is 17.2 Å². The number of halogens is 2. The lowest BCUT2D eigenvalue weighted by molar-refractivity contribution is -0.123. The van der Waals surface area contributed by atoms with E-state index in [1.165, 1.54) is 12.3 Å². The summed E-state index contributed by atoms with van der Waals surface area (Å²) < 4.78 is 16.3. The van der Waals surface area contributed by atoms with E-state index in [0.717, 1.165) is 5.56 Å². The largest absolute Gasteiger partial charge is 0.493 e. The third-order valence-electron chi connectivity index (χ3n) is 3.21. The standard InChI is InChI=1S/C19H20Cl2N2O4/c1-12(2)27-16-7-4-13(8-18(16)25-3)10-22-23-19(24)11-26-17-9-14(20)5-6-15(17)21/h4-10,12H,11H2,1-3H3,(H,23,24)/b22-10+. The van der Waals surface area contributed by atoms with Crippen molar-refractivity contribution < 1.29 is 19.0 Å². The molecule has 6 nitrogen and oxygen atoms in total. The molecule has 1 N–H and O–H groups in total. The van der Waals surface area contributed by atoms with Crippen molar-refractivity contribution in [3.63, 3.8) is 0 Å². The molecule has 0 heterocycles. The minimum absolute atomic E-state index is 0.0331. The molecule has 2 rings (SSSR count). The van der Waals surface area contributed by atoms with Gasteiger partial charge in [0.2, 0.25) is 0 Å². The van der Waals surface area contributed by atoms with E-state index >= 15 is 0 Å². The van der Waals surface area contributed by atoms with Gasteiger partial charge in [-0.25, -0.2) is 5.43 Å². The first-order valence-electron chi connectivity index (χ1n) is 8.13. The Balaban J connectivity index is 1.90. The highest BCUT2D eigenvalue weighted by atomic mass is 35.5. The number of carbonyl (C=O) groups excluding carboxylic acids is 1. The van der Waals surface area contributed by atoms with Gasteiger partial charge in [-0.05, 0) is 49.7 Å². The Labute approximate surface area is 168 Å². The number of hydrazone groups is 1. The zero-order chi connectivity index (χ0) is 19.8. The molecule has 0 atom stereocenters. The summed E-state index contributed by atoms with van der Waals surface area (Å²) in [5.41, 5.74) is 3.12. The van der Waals surface area contributed by atoms with Crippen LogP contribution < -0.4 is 19.6 Å². The number of methoxy groups -OCH3 is 1. The summed E-state index contributed by atoms with van der Waals surface area (Å²) in [6, 6.07) is 10.1. The van der Waals surface area contributed by atoms with E-state index in [1.807, 2.05) is 13.8 Å². The van der Waals surface area contributed by atoms with E-state index in [2.05, 4.69) is 10.5 Å². The van der Waals surface area contributed by atoms with Gasteiger partial charge < -0.3 is 14.2 Å². The molecule has 0 aromatic heterocycles. The third kappa shape index (κ3) is 6.66. The fourth-order valence-electron chi connectivity index (χ4n) is 2.06. The Morgan fingerprint density at radius 1 is 1.15 bits per heavy atom. The van der Waals surface area contributed by atoms with Crippen molar-refractivity contribution in [2.24, 2.45) is 5.10 Å². The molecular weight excluding hydrogens is 391 g/mol. The van der Waals surface area contributed by atoms with Gasteiger partial charge in [0.05, 0.1) is 24.5 Å². The van der Waals surface area contributed by atoms with Gasteiger partial charge in [0, 0.05) is 11.1 Å². The van der Waals surface area contributed by atoms with E-state index in [1.54, 1.807) is 37.4 Å². The molecule has 0 saturated heterocycles. The highest BCUT2D eigenvalue weighted by molar-refractivity contribution is 6.34. The average Bonchev–Trinajstić information content (AvgIpc) is 2.63. The Morgan fingerprint density at radius 2 is 1.93 bits per heavy atom. The van der Waals surface area contributed by atoms with E-state index in [-0.39, 0.29) is 12.7 Å². The molecule has 0 spiro atoms. The van der Waals surface area contributed by atoms with Gasteiger partial charge in [0.15, 0.2) is 18.1 Å². The SMILES string of the molecule is COc1cc(/C=N/NC(=O)COc2cc(Cl)ccc2Cl)ccc1OC(C)C. The van der Waals surface area contributed by atoms with Gasteiger partial charge >= 0.3 is 0 Å². The lowest BCUT2D eigenvalue weighted by atomic mass is 10.2. The molecule has 0 bridgehead atoms. The Hall–Kier alpha value is -2.44. The number of carbonyl (C=O) groups is 1. The van der Waals surface area contributed by atoms with E-state index in [9.17, 15) is 4.79 Å². The number of hydrogen-bond donors (Lipinski definition) is 1. The maximum absolute atomic E-state index is 11.8. The molecule has 8 heteroatoms. The summed E-state index contributed by atoms with van der Waals surface area (Å²) in [5, 5.41) is 4.73. The van der Waals surface area contributed by atoms with Crippen molar-refractivity contribution in [1.29, 1.82) is 0 Å². The lowest BCUT2D eigenvalue weighted by Crippen LogP contribution is -2.24. The molecule has 2 aromatic rings. The van der Waals surface area contributed by atoms with Gasteiger partial charge in [-0.15, -0.1) is 0 Å². The summed E-state index contributed by atoms with van der Waals surface area (Å²) in [4.78, 5) is 11.8. The van der Waals surface area contributed by atoms with Crippen LogP contribution >= 0.6 is 23.2 Å². The normalized spacial score (nSPS) is 10.9. The van der Waals surface area contributed by atoms with Crippen molar-refractivity contribution >= 4 is 35.3 Å². The van der Waals surface area contributed by atoms with E-state index in [4.69, 9.17) is 37.4 Å². The molecule has 0 saturated carbocycles. The molecule has 2 aromatic carbocycles.